The van der Waals surface area contributed by atoms with Gasteiger partial charge in [0.1, 0.15) is 18.7 Å². The van der Waals surface area contributed by atoms with E-state index in [9.17, 15) is 24.0 Å². The van der Waals surface area contributed by atoms with Gasteiger partial charge in [-0.15, -0.1) is 0 Å². The highest BCUT2D eigenvalue weighted by Gasteiger charge is 2.55. The normalized spacial score (nSPS) is 23.7. The van der Waals surface area contributed by atoms with Crippen molar-refractivity contribution < 1.29 is 33.4 Å². The molecule has 0 aromatic heterocycles. The Balaban J connectivity index is 1.70. The van der Waals surface area contributed by atoms with Gasteiger partial charge in [0.2, 0.25) is 17.7 Å². The second-order valence-electron chi connectivity index (χ2n) is 9.40. The number of likely N-dealkylation sites (tertiary alicyclic amines) is 1. The van der Waals surface area contributed by atoms with E-state index in [4.69, 9.17) is 15.2 Å². The van der Waals surface area contributed by atoms with E-state index in [0.717, 1.165) is 5.56 Å². The third kappa shape index (κ3) is 6.46. The SMILES string of the molecule is CCOC(=O)C1(NC(=O)[C@H](C)NC(=O)[C@@H]2CCCN2C(=O)CN)CCCC1C(=O)OCc1ccccc1. The molecule has 1 aromatic carbocycles. The van der Waals surface area contributed by atoms with Gasteiger partial charge in [0.15, 0.2) is 5.54 Å². The van der Waals surface area contributed by atoms with Gasteiger partial charge in [-0.1, -0.05) is 30.3 Å². The number of carbonyl (C=O) groups is 5. The van der Waals surface area contributed by atoms with Crippen molar-refractivity contribution in [3.63, 3.8) is 0 Å². The maximum Gasteiger partial charge on any atom is 0.332 e. The fourth-order valence-electron chi connectivity index (χ4n) is 5.02. The van der Waals surface area contributed by atoms with E-state index >= 15 is 0 Å². The van der Waals surface area contributed by atoms with Crippen LogP contribution in [0.2, 0.25) is 0 Å². The molecule has 1 saturated carbocycles. The molecular formula is C26H36N4O7. The Labute approximate surface area is 216 Å². The fraction of sp³-hybridized carbons (Fsp3) is 0.577. The number of carbonyl (C=O) groups excluding carboxylic acids is 5. The molecule has 202 valence electrons. The van der Waals surface area contributed by atoms with E-state index in [1.165, 1.54) is 11.8 Å². The van der Waals surface area contributed by atoms with Crippen molar-refractivity contribution in [1.82, 2.24) is 15.5 Å². The van der Waals surface area contributed by atoms with E-state index in [0.29, 0.717) is 32.2 Å². The molecule has 3 rings (SSSR count). The minimum Gasteiger partial charge on any atom is -0.464 e. The van der Waals surface area contributed by atoms with Crippen LogP contribution in [-0.2, 0) is 40.1 Å². The van der Waals surface area contributed by atoms with Gasteiger partial charge in [-0.2, -0.15) is 0 Å². The Kier molecular flexibility index (Phi) is 9.62. The topological polar surface area (TPSA) is 157 Å². The van der Waals surface area contributed by atoms with Crippen molar-refractivity contribution in [1.29, 1.82) is 0 Å². The molecule has 1 aliphatic carbocycles. The molecule has 4 atom stereocenters. The summed E-state index contributed by atoms with van der Waals surface area (Å²) in [6.45, 7) is 3.45. The lowest BCUT2D eigenvalue weighted by atomic mass is 9.86. The molecule has 0 bridgehead atoms. The Bertz CT molecular complexity index is 1000. The van der Waals surface area contributed by atoms with Gasteiger partial charge in [-0.3, -0.25) is 19.2 Å². The molecule has 2 unspecified atom stereocenters. The largest absolute Gasteiger partial charge is 0.464 e. The summed E-state index contributed by atoms with van der Waals surface area (Å²) in [5.41, 5.74) is 4.64. The third-order valence-corrected chi connectivity index (χ3v) is 6.96. The number of nitrogens with two attached hydrogens (primary N) is 1. The number of nitrogens with zero attached hydrogens (tertiary/aromatic N) is 1. The molecule has 2 fully saturated rings. The molecular weight excluding hydrogens is 480 g/mol. The summed E-state index contributed by atoms with van der Waals surface area (Å²) in [6, 6.07) is 7.40. The highest BCUT2D eigenvalue weighted by molar-refractivity contribution is 5.97. The number of rotatable bonds is 10. The van der Waals surface area contributed by atoms with Crippen LogP contribution in [0.3, 0.4) is 0 Å². The summed E-state index contributed by atoms with van der Waals surface area (Å²) in [5.74, 6) is -3.70. The van der Waals surface area contributed by atoms with Crippen LogP contribution >= 0.6 is 0 Å². The molecule has 37 heavy (non-hydrogen) atoms. The third-order valence-electron chi connectivity index (χ3n) is 6.96. The average molecular weight is 517 g/mol. The van der Waals surface area contributed by atoms with E-state index in [1.807, 2.05) is 30.3 Å². The minimum absolute atomic E-state index is 0.0366. The summed E-state index contributed by atoms with van der Waals surface area (Å²) >= 11 is 0. The van der Waals surface area contributed by atoms with Crippen LogP contribution in [0, 0.1) is 5.92 Å². The van der Waals surface area contributed by atoms with Crippen LogP contribution in [0.5, 0.6) is 0 Å². The predicted octanol–water partition coefficient (Wildman–Crippen LogP) is 0.402. The first kappa shape index (κ1) is 28.1. The van der Waals surface area contributed by atoms with Gasteiger partial charge in [-0.05, 0) is 51.5 Å². The average Bonchev–Trinajstić information content (AvgIpc) is 3.56. The van der Waals surface area contributed by atoms with Gasteiger partial charge in [0.25, 0.3) is 0 Å². The van der Waals surface area contributed by atoms with Crippen molar-refractivity contribution in [3.8, 4) is 0 Å². The Morgan fingerprint density at radius 2 is 1.84 bits per heavy atom. The Morgan fingerprint density at radius 3 is 2.51 bits per heavy atom. The summed E-state index contributed by atoms with van der Waals surface area (Å²) in [7, 11) is 0. The van der Waals surface area contributed by atoms with Crippen LogP contribution in [-0.4, -0.2) is 71.9 Å². The molecule has 1 aliphatic heterocycles. The van der Waals surface area contributed by atoms with Gasteiger partial charge in [0, 0.05) is 6.54 Å². The maximum atomic E-state index is 13.2. The maximum absolute atomic E-state index is 13.2. The zero-order valence-electron chi connectivity index (χ0n) is 21.4. The lowest BCUT2D eigenvalue weighted by molar-refractivity contribution is -0.164. The molecule has 3 amide bonds. The first-order chi connectivity index (χ1) is 17.7. The van der Waals surface area contributed by atoms with Crippen LogP contribution in [0.1, 0.15) is 51.5 Å². The summed E-state index contributed by atoms with van der Waals surface area (Å²) in [4.78, 5) is 65.7. The monoisotopic (exact) mass is 516 g/mol. The van der Waals surface area contributed by atoms with E-state index in [-0.39, 0.29) is 32.1 Å². The smallest absolute Gasteiger partial charge is 0.332 e. The number of nitrogens with one attached hydrogen (secondary N) is 2. The number of benzene rings is 1. The first-order valence-corrected chi connectivity index (χ1v) is 12.7. The van der Waals surface area contributed by atoms with Gasteiger partial charge in [0.05, 0.1) is 19.1 Å². The lowest BCUT2D eigenvalue weighted by Gasteiger charge is -2.34. The predicted molar refractivity (Wildman–Crippen MR) is 132 cm³/mol. The lowest BCUT2D eigenvalue weighted by Crippen LogP contribution is -2.63. The molecule has 4 N–H and O–H groups in total. The molecule has 2 aliphatic rings. The second-order valence-corrected chi connectivity index (χ2v) is 9.40. The molecule has 11 heteroatoms. The van der Waals surface area contributed by atoms with Crippen molar-refractivity contribution in [2.75, 3.05) is 19.7 Å². The van der Waals surface area contributed by atoms with Crippen molar-refractivity contribution in [2.45, 2.75) is 70.2 Å². The van der Waals surface area contributed by atoms with E-state index in [2.05, 4.69) is 10.6 Å². The van der Waals surface area contributed by atoms with E-state index < -0.39 is 47.3 Å². The standard InChI is InChI=1S/C26H36N4O7/c1-3-36-25(35)26(13-7-11-19(26)24(34)37-16-18-9-5-4-6-10-18)29-22(32)17(2)28-23(33)20-12-8-14-30(20)21(31)15-27/h4-6,9-10,17,19-20H,3,7-8,11-16,27H2,1-2H3,(H,28,33)(H,29,32)/t17-,19?,20-,26?/m0/s1. The molecule has 11 nitrogen and oxygen atoms in total. The summed E-state index contributed by atoms with van der Waals surface area (Å²) < 4.78 is 10.8. The second kappa shape index (κ2) is 12.7. The summed E-state index contributed by atoms with van der Waals surface area (Å²) in [6.07, 6.45) is 2.16. The van der Waals surface area contributed by atoms with E-state index in [1.54, 1.807) is 6.92 Å². The Morgan fingerprint density at radius 1 is 1.11 bits per heavy atom. The molecule has 0 spiro atoms. The Hall–Kier alpha value is -3.47. The van der Waals surface area contributed by atoms with Crippen molar-refractivity contribution in [3.05, 3.63) is 35.9 Å². The van der Waals surface area contributed by atoms with Gasteiger partial charge in [-0.25, -0.2) is 4.79 Å². The number of hydrogen-bond acceptors (Lipinski definition) is 8. The molecule has 1 heterocycles. The van der Waals surface area contributed by atoms with Crippen molar-refractivity contribution >= 4 is 29.7 Å². The quantitative estimate of drug-likeness (QED) is 0.377. The van der Waals surface area contributed by atoms with Crippen molar-refractivity contribution in [2.24, 2.45) is 11.7 Å². The van der Waals surface area contributed by atoms with Gasteiger partial charge < -0.3 is 30.7 Å². The van der Waals surface area contributed by atoms with Crippen LogP contribution in [0.4, 0.5) is 0 Å². The fourth-order valence-corrected chi connectivity index (χ4v) is 5.02. The number of esters is 2. The number of amides is 3. The molecule has 0 radical (unpaired) electrons. The number of hydrogen-bond donors (Lipinski definition) is 3. The van der Waals surface area contributed by atoms with Crippen LogP contribution in [0.25, 0.3) is 0 Å². The zero-order valence-corrected chi connectivity index (χ0v) is 21.4. The zero-order chi connectivity index (χ0) is 27.0. The van der Waals surface area contributed by atoms with Crippen LogP contribution < -0.4 is 16.4 Å². The first-order valence-electron chi connectivity index (χ1n) is 12.7. The highest BCUT2D eigenvalue weighted by Crippen LogP contribution is 2.38. The van der Waals surface area contributed by atoms with Crippen LogP contribution in [0.15, 0.2) is 30.3 Å². The minimum atomic E-state index is -1.60. The van der Waals surface area contributed by atoms with Gasteiger partial charge >= 0.3 is 11.9 Å². The molecule has 1 saturated heterocycles. The number of ether oxygens (including phenoxy) is 2. The summed E-state index contributed by atoms with van der Waals surface area (Å²) in [5, 5.41) is 5.35. The molecule has 1 aromatic rings. The highest BCUT2D eigenvalue weighted by atomic mass is 16.5.